The number of aromatic nitrogens is 3. The number of nitrogens with zero attached hydrogens (tertiary/aromatic N) is 3. The van der Waals surface area contributed by atoms with E-state index in [9.17, 15) is 22.8 Å². The molecule has 2 heterocycles. The van der Waals surface area contributed by atoms with Gasteiger partial charge in [0, 0.05) is 17.7 Å². The molecule has 1 aliphatic carbocycles. The van der Waals surface area contributed by atoms with Gasteiger partial charge in [-0.05, 0) is 24.3 Å². The third kappa shape index (κ3) is 4.30. The lowest BCUT2D eigenvalue weighted by Gasteiger charge is -2.15. The van der Waals surface area contributed by atoms with E-state index in [-0.39, 0.29) is 10.7 Å². The molecule has 0 fully saturated rings. The first-order valence-electron chi connectivity index (χ1n) is 7.08. The van der Waals surface area contributed by atoms with Gasteiger partial charge in [0.15, 0.2) is 11.6 Å². The Hall–Kier alpha value is -3.08. The highest BCUT2D eigenvalue weighted by molar-refractivity contribution is 7.10. The highest BCUT2D eigenvalue weighted by atomic mass is 32.1. The maximum Gasteiger partial charge on any atom is 0.572 e. The minimum atomic E-state index is -4.89. The average Bonchev–Trinajstić information content (AvgIpc) is 3.02. The maximum absolute atomic E-state index is 12.2. The zero-order valence-electron chi connectivity index (χ0n) is 12.8. The summed E-state index contributed by atoms with van der Waals surface area (Å²) >= 11 is 0.886. The van der Waals surface area contributed by atoms with Crippen molar-refractivity contribution in [3.05, 3.63) is 47.9 Å². The molecule has 0 radical (unpaired) electrons. The normalized spacial score (nSPS) is 14.5. The Bertz CT molecular complexity index is 906. The number of rotatable bonds is 4. The quantitative estimate of drug-likeness (QED) is 0.818. The summed E-state index contributed by atoms with van der Waals surface area (Å²) < 4.78 is 44.2. The number of carbonyl (C=O) groups is 2. The van der Waals surface area contributed by atoms with Gasteiger partial charge in [-0.2, -0.15) is 9.36 Å². The summed E-state index contributed by atoms with van der Waals surface area (Å²) in [5.74, 6) is -1.86. The minimum absolute atomic E-state index is 0.130. The zero-order valence-corrected chi connectivity index (χ0v) is 13.6. The van der Waals surface area contributed by atoms with Crippen LogP contribution in [-0.2, 0) is 14.3 Å². The van der Waals surface area contributed by atoms with Crippen LogP contribution in [0.3, 0.4) is 0 Å². The number of alkyl halides is 3. The third-order valence-electron chi connectivity index (χ3n) is 3.10. The Morgan fingerprint density at radius 3 is 2.73 bits per heavy atom. The van der Waals surface area contributed by atoms with E-state index < -0.39 is 30.2 Å². The minimum Gasteiger partial charge on any atom is -0.410 e. The second-order valence-electron chi connectivity index (χ2n) is 4.95. The van der Waals surface area contributed by atoms with E-state index in [1.807, 2.05) is 0 Å². The molecule has 11 heteroatoms. The molecule has 0 saturated heterocycles. The van der Waals surface area contributed by atoms with Crippen LogP contribution in [0.4, 0.5) is 18.3 Å². The first-order chi connectivity index (χ1) is 12.3. The van der Waals surface area contributed by atoms with Crippen molar-refractivity contribution < 1.29 is 27.5 Å². The standard InChI is InChI=1S/C15H9F3N4O3S/c16-15(17,18)25-8-4-5-9(11(23)7-8)13(24)21-14-20-12(22-26-14)10-3-1-2-6-19-10/h1-6H,7H2,(H,20,21,22,24). The van der Waals surface area contributed by atoms with Crippen LogP contribution in [0.1, 0.15) is 6.42 Å². The van der Waals surface area contributed by atoms with Crippen LogP contribution in [0, 0.1) is 0 Å². The summed E-state index contributed by atoms with van der Waals surface area (Å²) in [7, 11) is 0. The number of Topliss-reactive ketones (excluding diaryl/α,β-unsaturated/α-hetero) is 1. The lowest BCUT2D eigenvalue weighted by atomic mass is 10.0. The van der Waals surface area contributed by atoms with Gasteiger partial charge in [-0.15, -0.1) is 13.2 Å². The van der Waals surface area contributed by atoms with Gasteiger partial charge in [0.05, 0.1) is 12.0 Å². The van der Waals surface area contributed by atoms with Crippen molar-refractivity contribution in [1.29, 1.82) is 0 Å². The highest BCUT2D eigenvalue weighted by Gasteiger charge is 2.34. The van der Waals surface area contributed by atoms with E-state index in [1.54, 1.807) is 24.4 Å². The van der Waals surface area contributed by atoms with Gasteiger partial charge < -0.3 is 4.74 Å². The van der Waals surface area contributed by atoms with Crippen LogP contribution in [0.15, 0.2) is 47.9 Å². The molecule has 1 amide bonds. The molecule has 0 atom stereocenters. The Kier molecular flexibility index (Phi) is 4.80. The Morgan fingerprint density at radius 1 is 1.27 bits per heavy atom. The summed E-state index contributed by atoms with van der Waals surface area (Å²) in [6.45, 7) is 0. The van der Waals surface area contributed by atoms with Crippen LogP contribution in [0.2, 0.25) is 0 Å². The molecule has 1 N–H and O–H groups in total. The van der Waals surface area contributed by atoms with E-state index in [0.29, 0.717) is 11.5 Å². The van der Waals surface area contributed by atoms with E-state index in [2.05, 4.69) is 24.4 Å². The molecule has 1 aliphatic rings. The van der Waals surface area contributed by atoms with Crippen molar-refractivity contribution >= 4 is 28.4 Å². The van der Waals surface area contributed by atoms with Crippen molar-refractivity contribution in [2.24, 2.45) is 0 Å². The summed E-state index contributed by atoms with van der Waals surface area (Å²) in [4.78, 5) is 32.2. The summed E-state index contributed by atoms with van der Waals surface area (Å²) in [6.07, 6.45) is -2.08. The fourth-order valence-electron chi connectivity index (χ4n) is 2.04. The zero-order chi connectivity index (χ0) is 18.7. The molecule has 7 nitrogen and oxygen atoms in total. The molecule has 0 aliphatic heterocycles. The Balaban J connectivity index is 1.70. The van der Waals surface area contributed by atoms with Gasteiger partial charge in [0.2, 0.25) is 5.13 Å². The molecule has 26 heavy (non-hydrogen) atoms. The largest absolute Gasteiger partial charge is 0.572 e. The number of anilines is 1. The lowest BCUT2D eigenvalue weighted by molar-refractivity contribution is -0.306. The predicted molar refractivity (Wildman–Crippen MR) is 84.7 cm³/mol. The third-order valence-corrected chi connectivity index (χ3v) is 3.73. The molecule has 0 spiro atoms. The maximum atomic E-state index is 12.2. The van der Waals surface area contributed by atoms with Crippen molar-refractivity contribution in [3.63, 3.8) is 0 Å². The molecular formula is C15H9F3N4O3S. The first-order valence-corrected chi connectivity index (χ1v) is 7.85. The second kappa shape index (κ2) is 7.04. The number of hydrogen-bond donors (Lipinski definition) is 1. The summed E-state index contributed by atoms with van der Waals surface area (Å²) in [6, 6.07) is 5.16. The number of amides is 1. The summed E-state index contributed by atoms with van der Waals surface area (Å²) in [5.41, 5.74) is 0.211. The van der Waals surface area contributed by atoms with Gasteiger partial charge >= 0.3 is 6.36 Å². The van der Waals surface area contributed by atoms with Crippen molar-refractivity contribution in [2.45, 2.75) is 12.8 Å². The Morgan fingerprint density at radius 2 is 2.08 bits per heavy atom. The molecule has 0 unspecified atom stereocenters. The van der Waals surface area contributed by atoms with Gasteiger partial charge in [0.25, 0.3) is 5.91 Å². The molecule has 2 aromatic rings. The predicted octanol–water partition coefficient (Wildman–Crippen LogP) is 2.86. The molecule has 134 valence electrons. The fraction of sp³-hybridized carbons (Fsp3) is 0.133. The van der Waals surface area contributed by atoms with Crippen molar-refractivity contribution in [2.75, 3.05) is 5.32 Å². The van der Waals surface area contributed by atoms with Gasteiger partial charge in [-0.3, -0.25) is 19.9 Å². The van der Waals surface area contributed by atoms with E-state index >= 15 is 0 Å². The molecule has 2 aromatic heterocycles. The smallest absolute Gasteiger partial charge is 0.410 e. The van der Waals surface area contributed by atoms with E-state index in [1.165, 1.54) is 0 Å². The number of hydrogen-bond acceptors (Lipinski definition) is 7. The van der Waals surface area contributed by atoms with Gasteiger partial charge in [-0.1, -0.05) is 6.07 Å². The number of halogens is 3. The molecule has 0 saturated carbocycles. The van der Waals surface area contributed by atoms with E-state index in [0.717, 1.165) is 23.7 Å². The van der Waals surface area contributed by atoms with Crippen LogP contribution < -0.4 is 5.32 Å². The average molecular weight is 382 g/mol. The van der Waals surface area contributed by atoms with E-state index in [4.69, 9.17) is 0 Å². The van der Waals surface area contributed by atoms with Gasteiger partial charge in [-0.25, -0.2) is 0 Å². The number of ketones is 1. The SMILES string of the molecule is O=C1CC(OC(F)(F)F)=CC=C1C(=O)Nc1nc(-c2ccccn2)ns1. The Labute approximate surface area is 148 Å². The van der Waals surface area contributed by atoms with Crippen molar-refractivity contribution in [1.82, 2.24) is 14.3 Å². The highest BCUT2D eigenvalue weighted by Crippen LogP contribution is 2.26. The first kappa shape index (κ1) is 17.7. The van der Waals surface area contributed by atoms with Crippen LogP contribution in [-0.4, -0.2) is 32.4 Å². The number of nitrogens with one attached hydrogen (secondary N) is 1. The number of carbonyl (C=O) groups excluding carboxylic acids is 2. The second-order valence-corrected chi connectivity index (χ2v) is 5.71. The van der Waals surface area contributed by atoms with Gasteiger partial charge in [0.1, 0.15) is 11.5 Å². The summed E-state index contributed by atoms with van der Waals surface area (Å²) in [5, 5.41) is 2.52. The molecule has 0 bridgehead atoms. The van der Waals surface area contributed by atoms with Crippen LogP contribution in [0.25, 0.3) is 11.5 Å². The number of pyridine rings is 1. The topological polar surface area (TPSA) is 94.1 Å². The molecule has 0 aromatic carbocycles. The van der Waals surface area contributed by atoms with Crippen molar-refractivity contribution in [3.8, 4) is 11.5 Å². The monoisotopic (exact) mass is 382 g/mol. The lowest BCUT2D eigenvalue weighted by Crippen LogP contribution is -2.24. The van der Waals surface area contributed by atoms with Crippen LogP contribution >= 0.6 is 11.5 Å². The molecule has 3 rings (SSSR count). The fourth-order valence-corrected chi connectivity index (χ4v) is 2.61. The van der Waals surface area contributed by atoms with Crippen LogP contribution in [0.5, 0.6) is 0 Å². The molecular weight excluding hydrogens is 373 g/mol. The number of ether oxygens (including phenoxy) is 1. The number of allylic oxidation sites excluding steroid dienone is 3.